The Hall–Kier alpha value is -4.48. The third-order valence-electron chi connectivity index (χ3n) is 8.90. The van der Waals surface area contributed by atoms with Gasteiger partial charge in [0.1, 0.15) is 0 Å². The van der Waals surface area contributed by atoms with E-state index < -0.39 is 6.10 Å². The van der Waals surface area contributed by atoms with Crippen molar-refractivity contribution in [2.75, 3.05) is 54.9 Å². The summed E-state index contributed by atoms with van der Waals surface area (Å²) in [6.07, 6.45) is 7.24. The third-order valence-corrected chi connectivity index (χ3v) is 8.90. The monoisotopic (exact) mass is 594 g/mol. The lowest BCUT2D eigenvalue weighted by molar-refractivity contribution is -0.139. The van der Waals surface area contributed by atoms with Gasteiger partial charge in [0.25, 0.3) is 0 Å². The summed E-state index contributed by atoms with van der Waals surface area (Å²) in [5, 5.41) is 23.5. The number of nitrogens with zero attached hydrogens (tertiary/aromatic N) is 6. The number of rotatable bonds is 8. The van der Waals surface area contributed by atoms with Gasteiger partial charge in [-0.3, -0.25) is 9.48 Å². The second-order valence-electron chi connectivity index (χ2n) is 11.8. The number of carbonyl (C=O) groups excluding carboxylic acids is 1. The van der Waals surface area contributed by atoms with E-state index in [4.69, 9.17) is 14.7 Å². The Labute approximate surface area is 256 Å². The number of aliphatic hydroxyl groups excluding tert-OH is 1. The van der Waals surface area contributed by atoms with Crippen molar-refractivity contribution in [1.29, 1.82) is 0 Å². The summed E-state index contributed by atoms with van der Waals surface area (Å²) in [6, 6.07) is 13.8. The van der Waals surface area contributed by atoms with Crippen LogP contribution in [0.2, 0.25) is 0 Å². The van der Waals surface area contributed by atoms with Gasteiger partial charge >= 0.3 is 0 Å². The van der Waals surface area contributed by atoms with E-state index in [2.05, 4.69) is 39.3 Å². The van der Waals surface area contributed by atoms with Crippen LogP contribution < -0.4 is 15.5 Å². The number of aromatic nitrogens is 4. The lowest BCUT2D eigenvalue weighted by Gasteiger charge is -2.37. The zero-order chi connectivity index (χ0) is 30.0. The minimum atomic E-state index is -0.587. The fourth-order valence-electron chi connectivity index (χ4n) is 6.65. The van der Waals surface area contributed by atoms with E-state index in [1.54, 1.807) is 0 Å². The summed E-state index contributed by atoms with van der Waals surface area (Å²) in [5.74, 6) is 1.15. The van der Waals surface area contributed by atoms with E-state index >= 15 is 0 Å². The Morgan fingerprint density at radius 3 is 2.86 bits per heavy atom. The molecule has 2 fully saturated rings. The highest BCUT2D eigenvalue weighted by Gasteiger charge is 2.34. The summed E-state index contributed by atoms with van der Waals surface area (Å²) < 4.78 is 7.36. The molecule has 3 N–H and O–H groups in total. The van der Waals surface area contributed by atoms with Crippen LogP contribution in [0.25, 0.3) is 10.9 Å². The van der Waals surface area contributed by atoms with Crippen molar-refractivity contribution in [3.63, 3.8) is 0 Å². The molecule has 1 unspecified atom stereocenters. The average Bonchev–Trinajstić information content (AvgIpc) is 3.61. The van der Waals surface area contributed by atoms with Crippen LogP contribution in [0.15, 0.2) is 67.5 Å². The molecule has 0 spiro atoms. The van der Waals surface area contributed by atoms with Crippen molar-refractivity contribution >= 4 is 40.0 Å². The normalized spacial score (nSPS) is 21.7. The SMILES string of the molecule is C=CCn1ncc2ccc(Nc3ncc(N4CCCC(C(=O)N5CCOCC5)C4)c(N[C@H]4c5ccccc5C[C@H]4O)n3)cc21. The van der Waals surface area contributed by atoms with Gasteiger partial charge in [0.2, 0.25) is 11.9 Å². The number of benzene rings is 2. The first kappa shape index (κ1) is 28.3. The fourth-order valence-corrected chi connectivity index (χ4v) is 6.65. The molecule has 7 rings (SSSR count). The number of amides is 1. The van der Waals surface area contributed by atoms with E-state index in [1.807, 2.05) is 58.4 Å². The third kappa shape index (κ3) is 5.60. The molecule has 3 atom stereocenters. The number of carbonyl (C=O) groups is 1. The minimum absolute atomic E-state index is 0.0996. The molecule has 2 aromatic carbocycles. The van der Waals surface area contributed by atoms with Crippen LogP contribution >= 0.6 is 0 Å². The van der Waals surface area contributed by atoms with E-state index in [9.17, 15) is 9.90 Å². The number of piperidine rings is 1. The lowest BCUT2D eigenvalue weighted by Crippen LogP contribution is -2.48. The first-order chi connectivity index (χ1) is 21.6. The number of fused-ring (bicyclic) bond motifs is 2. The Balaban J connectivity index is 1.19. The maximum atomic E-state index is 13.4. The molecule has 44 heavy (non-hydrogen) atoms. The molecule has 3 aliphatic rings. The topological polar surface area (TPSA) is 121 Å². The van der Waals surface area contributed by atoms with Crippen LogP contribution in [0.5, 0.6) is 0 Å². The van der Waals surface area contributed by atoms with Crippen molar-refractivity contribution in [2.24, 2.45) is 5.92 Å². The van der Waals surface area contributed by atoms with Gasteiger partial charge < -0.3 is 30.3 Å². The molecule has 4 aromatic rings. The molecule has 1 aliphatic carbocycles. The Kier molecular flexibility index (Phi) is 7.88. The number of morpholine rings is 1. The molecule has 11 heteroatoms. The van der Waals surface area contributed by atoms with Crippen LogP contribution in [0, 0.1) is 5.92 Å². The van der Waals surface area contributed by atoms with Crippen molar-refractivity contribution in [3.05, 3.63) is 78.6 Å². The molecule has 0 saturated carbocycles. The standard InChI is InChI=1S/C33H38N8O3/c1-2-11-41-27-18-25(10-9-23(27)19-35-41)36-33-34-20-28(31(38-33)37-30-26-8-4-3-6-22(26)17-29(30)42)40-12-5-7-24(21-40)32(43)39-13-15-44-16-14-39/h2-4,6,8-10,18-20,24,29-30,42H,1,5,7,11-17,21H2,(H2,34,36,37,38)/t24?,29-,30+/m1/s1. The van der Waals surface area contributed by atoms with E-state index in [0.29, 0.717) is 57.6 Å². The molecule has 1 amide bonds. The van der Waals surface area contributed by atoms with Crippen LogP contribution in [-0.4, -0.2) is 81.2 Å². The van der Waals surface area contributed by atoms with Gasteiger partial charge in [-0.05, 0) is 42.2 Å². The lowest BCUT2D eigenvalue weighted by atomic mass is 9.96. The molecule has 11 nitrogen and oxygen atoms in total. The minimum Gasteiger partial charge on any atom is -0.390 e. The summed E-state index contributed by atoms with van der Waals surface area (Å²) in [6.45, 7) is 8.31. The number of aliphatic hydroxyl groups is 1. The predicted octanol–water partition coefficient (Wildman–Crippen LogP) is 3.90. The van der Waals surface area contributed by atoms with Crippen LogP contribution in [0.3, 0.4) is 0 Å². The highest BCUT2D eigenvalue weighted by Crippen LogP contribution is 2.38. The van der Waals surface area contributed by atoms with Crippen LogP contribution in [-0.2, 0) is 22.5 Å². The van der Waals surface area contributed by atoms with Gasteiger partial charge in [-0.1, -0.05) is 30.3 Å². The molecular weight excluding hydrogens is 556 g/mol. The van der Waals surface area contributed by atoms with Gasteiger partial charge in [-0.15, -0.1) is 6.58 Å². The van der Waals surface area contributed by atoms with Gasteiger partial charge in [-0.25, -0.2) is 4.98 Å². The molecule has 0 radical (unpaired) electrons. The van der Waals surface area contributed by atoms with Gasteiger partial charge in [0.15, 0.2) is 5.82 Å². The largest absolute Gasteiger partial charge is 0.390 e. The molecule has 4 heterocycles. The summed E-state index contributed by atoms with van der Waals surface area (Å²) in [7, 11) is 0. The summed E-state index contributed by atoms with van der Waals surface area (Å²) in [5.41, 5.74) is 4.84. The zero-order valence-electron chi connectivity index (χ0n) is 24.7. The van der Waals surface area contributed by atoms with E-state index in [-0.39, 0.29) is 17.9 Å². The number of allylic oxidation sites excluding steroid dienone is 1. The molecule has 2 aromatic heterocycles. The first-order valence-corrected chi connectivity index (χ1v) is 15.4. The van der Waals surface area contributed by atoms with Gasteiger partial charge in [0, 0.05) is 43.7 Å². The van der Waals surface area contributed by atoms with E-state index in [1.165, 1.54) is 0 Å². The van der Waals surface area contributed by atoms with Crippen molar-refractivity contribution in [3.8, 4) is 0 Å². The van der Waals surface area contributed by atoms with Crippen molar-refractivity contribution in [2.45, 2.75) is 38.0 Å². The molecular formula is C33H38N8O3. The van der Waals surface area contributed by atoms with Crippen molar-refractivity contribution in [1.82, 2.24) is 24.6 Å². The smallest absolute Gasteiger partial charge is 0.229 e. The van der Waals surface area contributed by atoms with E-state index in [0.717, 1.165) is 52.8 Å². The first-order valence-electron chi connectivity index (χ1n) is 15.4. The maximum absolute atomic E-state index is 13.4. The summed E-state index contributed by atoms with van der Waals surface area (Å²) in [4.78, 5) is 27.2. The summed E-state index contributed by atoms with van der Waals surface area (Å²) >= 11 is 0. The predicted molar refractivity (Wildman–Crippen MR) is 170 cm³/mol. The van der Waals surface area contributed by atoms with Crippen molar-refractivity contribution < 1.29 is 14.6 Å². The number of hydrogen-bond donors (Lipinski definition) is 3. The van der Waals surface area contributed by atoms with Gasteiger partial charge in [-0.2, -0.15) is 10.1 Å². The van der Waals surface area contributed by atoms with Crippen LogP contribution in [0.4, 0.5) is 23.1 Å². The quantitative estimate of drug-likeness (QED) is 0.261. The number of ether oxygens (including phenoxy) is 1. The Morgan fingerprint density at radius 1 is 1.14 bits per heavy atom. The second kappa shape index (κ2) is 12.3. The maximum Gasteiger partial charge on any atom is 0.229 e. The number of nitrogens with one attached hydrogen (secondary N) is 2. The zero-order valence-corrected chi connectivity index (χ0v) is 24.7. The second-order valence-corrected chi connectivity index (χ2v) is 11.8. The Morgan fingerprint density at radius 2 is 2.00 bits per heavy atom. The van der Waals surface area contributed by atoms with Crippen LogP contribution in [0.1, 0.15) is 30.0 Å². The fraction of sp³-hybridized carbons (Fsp3) is 0.394. The molecule has 2 saturated heterocycles. The molecule has 0 bridgehead atoms. The number of hydrogen-bond acceptors (Lipinski definition) is 9. The van der Waals surface area contributed by atoms with Gasteiger partial charge in [0.05, 0.1) is 61.4 Å². The highest BCUT2D eigenvalue weighted by atomic mass is 16.5. The average molecular weight is 595 g/mol. The number of anilines is 4. The molecule has 2 aliphatic heterocycles. The Bertz CT molecular complexity index is 1670. The highest BCUT2D eigenvalue weighted by molar-refractivity contribution is 5.83. The molecule has 228 valence electrons.